The molecule has 0 spiro atoms. The van der Waals surface area contributed by atoms with Crippen molar-refractivity contribution in [2.75, 3.05) is 6.54 Å². The Morgan fingerprint density at radius 2 is 1.83 bits per heavy atom. The second-order valence-corrected chi connectivity index (χ2v) is 10.7. The van der Waals surface area contributed by atoms with Crippen molar-refractivity contribution in [2.45, 2.75) is 77.9 Å². The lowest BCUT2D eigenvalue weighted by atomic mass is 9.95. The minimum Gasteiger partial charge on any atom is -0.355 e. The van der Waals surface area contributed by atoms with Gasteiger partial charge in [0.15, 0.2) is 0 Å². The molecule has 2 fully saturated rings. The van der Waals surface area contributed by atoms with Crippen LogP contribution in [-0.4, -0.2) is 47.0 Å². The molecule has 36 heavy (non-hydrogen) atoms. The van der Waals surface area contributed by atoms with E-state index in [1.54, 1.807) is 6.07 Å². The molecule has 2 atom stereocenters. The Hall–Kier alpha value is -3.23. The summed E-state index contributed by atoms with van der Waals surface area (Å²) in [5.74, 6) is -0.937. The number of rotatable bonds is 9. The fourth-order valence-corrected chi connectivity index (χ4v) is 5.48. The molecule has 1 aromatic rings. The average Bonchev–Trinajstić information content (AvgIpc) is 3.48. The van der Waals surface area contributed by atoms with Crippen LogP contribution in [0, 0.1) is 17.8 Å². The van der Waals surface area contributed by atoms with Gasteiger partial charge in [-0.25, -0.2) is 0 Å². The van der Waals surface area contributed by atoms with Gasteiger partial charge in [0.25, 0.3) is 5.91 Å². The van der Waals surface area contributed by atoms with E-state index in [2.05, 4.69) is 29.8 Å². The van der Waals surface area contributed by atoms with Crippen molar-refractivity contribution in [3.8, 4) is 0 Å². The maximum atomic E-state index is 13.0. The normalized spacial score (nSPS) is 20.9. The highest BCUT2D eigenvalue weighted by Gasteiger charge is 2.39. The van der Waals surface area contributed by atoms with Crippen molar-refractivity contribution in [1.29, 1.82) is 0 Å². The quantitative estimate of drug-likeness (QED) is 0.451. The molecule has 0 aromatic heterocycles. The van der Waals surface area contributed by atoms with Crippen LogP contribution in [0.25, 0.3) is 0 Å². The smallest absolute Gasteiger partial charge is 0.255 e. The lowest BCUT2D eigenvalue weighted by molar-refractivity contribution is -0.137. The second-order valence-electron chi connectivity index (χ2n) is 10.7. The van der Waals surface area contributed by atoms with Gasteiger partial charge >= 0.3 is 0 Å². The summed E-state index contributed by atoms with van der Waals surface area (Å²) in [6.45, 7) is 5.06. The molecule has 1 saturated heterocycles. The number of hydrogen-bond donors (Lipinski definition) is 3. The maximum absolute atomic E-state index is 13.0. The number of piperidine rings is 1. The first-order valence-electron chi connectivity index (χ1n) is 13.0. The van der Waals surface area contributed by atoms with Crippen LogP contribution in [0.1, 0.15) is 80.3 Å². The molecule has 5 amide bonds. The fraction of sp³-hybridized carbons (Fsp3) is 0.593. The van der Waals surface area contributed by atoms with Gasteiger partial charge < -0.3 is 15.5 Å². The van der Waals surface area contributed by atoms with Crippen LogP contribution in [0.2, 0.25) is 0 Å². The van der Waals surface area contributed by atoms with E-state index in [1.165, 1.54) is 4.90 Å². The standard InChI is InChI=1S/C27H36N4O5/c1-16(2)11-19(14-29-24(33)18-5-3-4-6-18)25(34)28-13-17-7-8-21-20(12-17)15-31(27(21)36)22-9-10-23(32)30-26(22)35/h7-8,12,16,18-19,22H,3-6,9-11,13-15H2,1-2H3,(H,28,34)(H,29,33)(H,30,32,35). The molecule has 1 saturated carbocycles. The third-order valence-electron chi connectivity index (χ3n) is 7.43. The van der Waals surface area contributed by atoms with E-state index >= 15 is 0 Å². The van der Waals surface area contributed by atoms with Crippen LogP contribution in [0.4, 0.5) is 0 Å². The summed E-state index contributed by atoms with van der Waals surface area (Å²) in [4.78, 5) is 63.5. The Labute approximate surface area is 211 Å². The van der Waals surface area contributed by atoms with Crippen LogP contribution >= 0.6 is 0 Å². The summed E-state index contributed by atoms with van der Waals surface area (Å²) < 4.78 is 0. The zero-order valence-electron chi connectivity index (χ0n) is 21.1. The molecule has 0 bridgehead atoms. The Balaban J connectivity index is 1.34. The minimum atomic E-state index is -0.651. The Bertz CT molecular complexity index is 1050. The van der Waals surface area contributed by atoms with Gasteiger partial charge in [0.05, 0.1) is 5.92 Å². The first-order valence-corrected chi connectivity index (χ1v) is 13.0. The largest absolute Gasteiger partial charge is 0.355 e. The van der Waals surface area contributed by atoms with Crippen molar-refractivity contribution < 1.29 is 24.0 Å². The van der Waals surface area contributed by atoms with Gasteiger partial charge in [0, 0.05) is 37.5 Å². The van der Waals surface area contributed by atoms with Gasteiger partial charge in [-0.2, -0.15) is 0 Å². The van der Waals surface area contributed by atoms with Crippen LogP contribution in [0.5, 0.6) is 0 Å². The summed E-state index contributed by atoms with van der Waals surface area (Å²) in [7, 11) is 0. The molecule has 0 radical (unpaired) electrons. The van der Waals surface area contributed by atoms with Gasteiger partial charge in [0.1, 0.15) is 6.04 Å². The molecular formula is C27H36N4O5. The predicted molar refractivity (Wildman–Crippen MR) is 132 cm³/mol. The summed E-state index contributed by atoms with van der Waals surface area (Å²) in [6.07, 6.45) is 5.24. The van der Waals surface area contributed by atoms with Crippen molar-refractivity contribution in [1.82, 2.24) is 20.9 Å². The van der Waals surface area contributed by atoms with Crippen molar-refractivity contribution >= 4 is 29.5 Å². The van der Waals surface area contributed by atoms with Crippen LogP contribution < -0.4 is 16.0 Å². The molecule has 9 nitrogen and oxygen atoms in total. The number of hydrogen-bond acceptors (Lipinski definition) is 5. The summed E-state index contributed by atoms with van der Waals surface area (Å²) in [5.41, 5.74) is 2.21. The minimum absolute atomic E-state index is 0.0536. The van der Waals surface area contributed by atoms with Crippen LogP contribution in [0.15, 0.2) is 18.2 Å². The molecule has 194 valence electrons. The van der Waals surface area contributed by atoms with Gasteiger partial charge in [-0.15, -0.1) is 0 Å². The van der Waals surface area contributed by atoms with Gasteiger partial charge in [-0.3, -0.25) is 29.3 Å². The van der Waals surface area contributed by atoms with Crippen molar-refractivity contribution in [3.63, 3.8) is 0 Å². The van der Waals surface area contributed by atoms with E-state index in [4.69, 9.17) is 0 Å². The molecular weight excluding hydrogens is 460 g/mol. The zero-order chi connectivity index (χ0) is 25.8. The monoisotopic (exact) mass is 496 g/mol. The van der Waals surface area contributed by atoms with Gasteiger partial charge in [-0.1, -0.05) is 38.8 Å². The number of nitrogens with one attached hydrogen (secondary N) is 3. The van der Waals surface area contributed by atoms with E-state index in [1.807, 2.05) is 12.1 Å². The number of fused-ring (bicyclic) bond motifs is 1. The highest BCUT2D eigenvalue weighted by Crippen LogP contribution is 2.28. The summed E-state index contributed by atoms with van der Waals surface area (Å²) >= 11 is 0. The maximum Gasteiger partial charge on any atom is 0.255 e. The molecule has 1 aliphatic carbocycles. The molecule has 1 aromatic carbocycles. The van der Waals surface area contributed by atoms with Crippen LogP contribution in [0.3, 0.4) is 0 Å². The second kappa shape index (κ2) is 11.2. The SMILES string of the molecule is CC(C)CC(CNC(=O)C1CCCC1)C(=O)NCc1ccc2c(c1)CN(C1CCC(=O)NC1=O)C2=O. The number of carbonyl (C=O) groups is 5. The van der Waals surface area contributed by atoms with Gasteiger partial charge in [0.2, 0.25) is 23.6 Å². The van der Waals surface area contributed by atoms with E-state index in [0.29, 0.717) is 44.0 Å². The predicted octanol–water partition coefficient (Wildman–Crippen LogP) is 2.03. The first kappa shape index (κ1) is 25.9. The number of carbonyl (C=O) groups excluding carboxylic acids is 5. The lowest BCUT2D eigenvalue weighted by Crippen LogP contribution is -2.52. The van der Waals surface area contributed by atoms with Gasteiger partial charge in [-0.05, 0) is 48.8 Å². The zero-order valence-corrected chi connectivity index (χ0v) is 21.1. The van der Waals surface area contributed by atoms with E-state index in [9.17, 15) is 24.0 Å². The Morgan fingerprint density at radius 1 is 1.08 bits per heavy atom. The van der Waals surface area contributed by atoms with E-state index in [-0.39, 0.29) is 41.9 Å². The third-order valence-corrected chi connectivity index (χ3v) is 7.43. The topological polar surface area (TPSA) is 125 Å². The number of imide groups is 1. The molecule has 2 aliphatic heterocycles. The summed E-state index contributed by atoms with van der Waals surface area (Å²) in [6, 6.07) is 4.78. The molecule has 2 heterocycles. The third kappa shape index (κ3) is 5.94. The lowest BCUT2D eigenvalue weighted by Gasteiger charge is -2.29. The molecule has 2 unspecified atom stereocenters. The number of amides is 5. The highest BCUT2D eigenvalue weighted by atomic mass is 16.2. The molecule has 4 rings (SSSR count). The number of nitrogens with zero attached hydrogens (tertiary/aromatic N) is 1. The van der Waals surface area contributed by atoms with E-state index < -0.39 is 11.9 Å². The average molecular weight is 497 g/mol. The van der Waals surface area contributed by atoms with Crippen LogP contribution in [-0.2, 0) is 32.3 Å². The van der Waals surface area contributed by atoms with E-state index in [0.717, 1.165) is 36.8 Å². The fourth-order valence-electron chi connectivity index (χ4n) is 5.48. The highest BCUT2D eigenvalue weighted by molar-refractivity contribution is 6.05. The molecule has 3 aliphatic rings. The Kier molecular flexibility index (Phi) is 8.06. The summed E-state index contributed by atoms with van der Waals surface area (Å²) in [5, 5.41) is 8.30. The number of benzene rings is 1. The Morgan fingerprint density at radius 3 is 2.53 bits per heavy atom. The molecule has 9 heteroatoms. The van der Waals surface area contributed by atoms with Crippen molar-refractivity contribution in [2.24, 2.45) is 17.8 Å². The first-order chi connectivity index (χ1) is 17.2. The molecule has 3 N–H and O–H groups in total. The van der Waals surface area contributed by atoms with Crippen molar-refractivity contribution in [3.05, 3.63) is 34.9 Å².